The molecule has 3 N–H and O–H groups in total. The lowest BCUT2D eigenvalue weighted by Crippen LogP contribution is -2.12. The van der Waals surface area contributed by atoms with Crippen LogP contribution in [-0.4, -0.2) is 28.2 Å². The van der Waals surface area contributed by atoms with Crippen molar-refractivity contribution in [2.24, 2.45) is 5.73 Å². The second kappa shape index (κ2) is 4.65. The van der Waals surface area contributed by atoms with Gasteiger partial charge < -0.3 is 15.5 Å². The van der Waals surface area contributed by atoms with E-state index in [2.05, 4.69) is 15.2 Å². The average molecular weight is 268 g/mol. The Hall–Kier alpha value is -2.89. The maximum Gasteiger partial charge on any atom is 0.252 e. The summed E-state index contributed by atoms with van der Waals surface area (Å²) in [4.78, 5) is 14.7. The van der Waals surface area contributed by atoms with Crippen molar-refractivity contribution in [1.82, 2.24) is 15.2 Å². The van der Waals surface area contributed by atoms with Crippen molar-refractivity contribution in [1.29, 1.82) is 0 Å². The molecule has 0 radical (unpaired) electrons. The third-order valence-corrected chi connectivity index (χ3v) is 3.08. The van der Waals surface area contributed by atoms with Crippen molar-refractivity contribution in [2.45, 2.75) is 0 Å². The number of nitrogens with one attached hydrogen (secondary N) is 1. The van der Waals surface area contributed by atoms with Crippen molar-refractivity contribution in [3.05, 3.63) is 42.1 Å². The van der Waals surface area contributed by atoms with Gasteiger partial charge in [0.2, 0.25) is 0 Å². The molecule has 2 aromatic heterocycles. The number of primary amides is 1. The van der Waals surface area contributed by atoms with Crippen LogP contribution >= 0.6 is 0 Å². The molecule has 0 aliphatic rings. The molecule has 6 heteroatoms. The maximum atomic E-state index is 11.4. The van der Waals surface area contributed by atoms with E-state index in [4.69, 9.17) is 10.5 Å². The fourth-order valence-corrected chi connectivity index (χ4v) is 2.10. The van der Waals surface area contributed by atoms with Gasteiger partial charge in [0, 0.05) is 5.69 Å². The minimum atomic E-state index is -0.528. The third kappa shape index (κ3) is 1.97. The van der Waals surface area contributed by atoms with E-state index in [-0.39, 0.29) is 0 Å². The molecule has 2 heterocycles. The number of nitrogens with two attached hydrogens (primary N) is 1. The number of nitrogens with zero attached hydrogens (tertiary/aromatic N) is 2. The average Bonchev–Trinajstić information content (AvgIpc) is 2.90. The van der Waals surface area contributed by atoms with Gasteiger partial charge in [-0.2, -0.15) is 5.10 Å². The van der Waals surface area contributed by atoms with E-state index < -0.39 is 5.91 Å². The van der Waals surface area contributed by atoms with E-state index in [0.717, 1.165) is 22.3 Å². The first-order valence-electron chi connectivity index (χ1n) is 5.97. The Morgan fingerprint density at radius 2 is 2.15 bits per heavy atom. The minimum Gasteiger partial charge on any atom is -0.496 e. The summed E-state index contributed by atoms with van der Waals surface area (Å²) in [5.41, 5.74) is 9.02. The van der Waals surface area contributed by atoms with Gasteiger partial charge >= 0.3 is 0 Å². The van der Waals surface area contributed by atoms with E-state index >= 15 is 0 Å². The summed E-state index contributed by atoms with van der Waals surface area (Å²) in [5.74, 6) is -0.0724. The molecule has 0 atom stereocenters. The van der Waals surface area contributed by atoms with Gasteiger partial charge in [-0.25, -0.2) is 0 Å². The van der Waals surface area contributed by atoms with Crippen LogP contribution in [0, 0.1) is 0 Å². The van der Waals surface area contributed by atoms with Crippen molar-refractivity contribution >= 4 is 16.9 Å². The van der Waals surface area contributed by atoms with Crippen LogP contribution < -0.4 is 10.5 Å². The minimum absolute atomic E-state index is 0.342. The Labute approximate surface area is 114 Å². The van der Waals surface area contributed by atoms with E-state index in [1.807, 2.05) is 18.2 Å². The molecule has 1 aromatic carbocycles. The third-order valence-electron chi connectivity index (χ3n) is 3.08. The molecule has 1 amide bonds. The number of H-pyrrole nitrogens is 1. The molecule has 0 aliphatic carbocycles. The smallest absolute Gasteiger partial charge is 0.252 e. The van der Waals surface area contributed by atoms with Crippen LogP contribution in [-0.2, 0) is 0 Å². The predicted molar refractivity (Wildman–Crippen MR) is 74.4 cm³/mol. The first-order chi connectivity index (χ1) is 9.69. The van der Waals surface area contributed by atoms with Crippen LogP contribution in [0.25, 0.3) is 22.3 Å². The van der Waals surface area contributed by atoms with E-state index in [0.29, 0.717) is 11.3 Å². The summed E-state index contributed by atoms with van der Waals surface area (Å²) in [7, 11) is 1.50. The Bertz CT molecular complexity index is 762. The second-order valence-electron chi connectivity index (χ2n) is 4.29. The monoisotopic (exact) mass is 268 g/mol. The van der Waals surface area contributed by atoms with E-state index in [9.17, 15) is 4.79 Å². The van der Waals surface area contributed by atoms with Crippen LogP contribution in [0.15, 0.2) is 36.5 Å². The number of hydrogen-bond acceptors (Lipinski definition) is 4. The Morgan fingerprint density at radius 1 is 1.30 bits per heavy atom. The highest BCUT2D eigenvalue weighted by Crippen LogP contribution is 2.27. The van der Waals surface area contributed by atoms with Crippen LogP contribution in [0.1, 0.15) is 10.4 Å². The van der Waals surface area contributed by atoms with Gasteiger partial charge in [-0.1, -0.05) is 0 Å². The number of methoxy groups -OCH3 is 1. The van der Waals surface area contributed by atoms with E-state index in [1.165, 1.54) is 7.11 Å². The van der Waals surface area contributed by atoms with Crippen molar-refractivity contribution in [3.63, 3.8) is 0 Å². The number of rotatable bonds is 3. The van der Waals surface area contributed by atoms with Gasteiger partial charge in [-0.3, -0.25) is 4.79 Å². The van der Waals surface area contributed by atoms with Gasteiger partial charge in [0.05, 0.1) is 24.4 Å². The number of amides is 1. The standard InChI is InChI=1S/C14H12N4O2/c1-20-13-3-2-8(6-9(13)14(15)19)11-7-12-10(17-11)4-5-16-18-12/h2-7,17H,1H3,(H2,15,19). The molecule has 0 bridgehead atoms. The fourth-order valence-electron chi connectivity index (χ4n) is 2.10. The molecule has 20 heavy (non-hydrogen) atoms. The van der Waals surface area contributed by atoms with Gasteiger partial charge in [0.1, 0.15) is 11.3 Å². The van der Waals surface area contributed by atoms with Gasteiger partial charge in [-0.05, 0) is 35.9 Å². The molecular formula is C14H12N4O2. The number of benzene rings is 1. The highest BCUT2D eigenvalue weighted by atomic mass is 16.5. The molecule has 100 valence electrons. The molecule has 0 spiro atoms. The molecule has 0 aliphatic heterocycles. The summed E-state index contributed by atoms with van der Waals surface area (Å²) >= 11 is 0. The van der Waals surface area contributed by atoms with Crippen LogP contribution in [0.5, 0.6) is 5.75 Å². The van der Waals surface area contributed by atoms with Crippen LogP contribution in [0.4, 0.5) is 0 Å². The molecule has 3 rings (SSSR count). The zero-order chi connectivity index (χ0) is 14.1. The lowest BCUT2D eigenvalue weighted by atomic mass is 10.1. The normalized spacial score (nSPS) is 10.7. The van der Waals surface area contributed by atoms with Crippen molar-refractivity contribution in [2.75, 3.05) is 7.11 Å². The largest absolute Gasteiger partial charge is 0.496 e. The van der Waals surface area contributed by atoms with E-state index in [1.54, 1.807) is 18.3 Å². The molecular weight excluding hydrogens is 256 g/mol. The summed E-state index contributed by atoms with van der Waals surface area (Å²) in [6.45, 7) is 0. The Balaban J connectivity index is 2.14. The highest BCUT2D eigenvalue weighted by molar-refractivity contribution is 5.97. The van der Waals surface area contributed by atoms with Crippen LogP contribution in [0.3, 0.4) is 0 Å². The van der Waals surface area contributed by atoms with Gasteiger partial charge in [0.25, 0.3) is 5.91 Å². The summed E-state index contributed by atoms with van der Waals surface area (Å²) in [6.07, 6.45) is 1.62. The second-order valence-corrected chi connectivity index (χ2v) is 4.29. The lowest BCUT2D eigenvalue weighted by molar-refractivity contribution is 0.0997. The molecule has 0 fully saturated rings. The summed E-state index contributed by atoms with van der Waals surface area (Å²) < 4.78 is 5.12. The number of hydrogen-bond donors (Lipinski definition) is 2. The Morgan fingerprint density at radius 3 is 2.85 bits per heavy atom. The number of aromatic nitrogens is 3. The SMILES string of the molecule is COc1ccc(-c2cc3nnccc3[nH]2)cc1C(N)=O. The first-order valence-corrected chi connectivity index (χ1v) is 5.97. The summed E-state index contributed by atoms with van der Waals surface area (Å²) in [6, 6.07) is 8.97. The molecule has 6 nitrogen and oxygen atoms in total. The van der Waals surface area contributed by atoms with Crippen molar-refractivity contribution in [3.8, 4) is 17.0 Å². The topological polar surface area (TPSA) is 93.9 Å². The molecule has 3 aromatic rings. The quantitative estimate of drug-likeness (QED) is 0.756. The Kier molecular flexibility index (Phi) is 2.83. The highest BCUT2D eigenvalue weighted by Gasteiger charge is 2.12. The number of ether oxygens (including phenoxy) is 1. The summed E-state index contributed by atoms with van der Waals surface area (Å²) in [5, 5.41) is 7.85. The fraction of sp³-hybridized carbons (Fsp3) is 0.0714. The van der Waals surface area contributed by atoms with Gasteiger partial charge in [0.15, 0.2) is 0 Å². The van der Waals surface area contributed by atoms with Crippen LogP contribution in [0.2, 0.25) is 0 Å². The number of fused-ring (bicyclic) bond motifs is 1. The first kappa shape index (κ1) is 12.2. The van der Waals surface area contributed by atoms with Gasteiger partial charge in [-0.15, -0.1) is 5.10 Å². The molecule has 0 unspecified atom stereocenters. The number of carbonyl (C=O) groups excluding carboxylic acids is 1. The predicted octanol–water partition coefficient (Wildman–Crippen LogP) is 1.73. The zero-order valence-electron chi connectivity index (χ0n) is 10.8. The number of aromatic amines is 1. The van der Waals surface area contributed by atoms with Crippen molar-refractivity contribution < 1.29 is 9.53 Å². The maximum absolute atomic E-state index is 11.4. The molecule has 0 saturated carbocycles. The number of carbonyl (C=O) groups is 1. The molecule has 0 saturated heterocycles. The zero-order valence-corrected chi connectivity index (χ0v) is 10.8. The lowest BCUT2D eigenvalue weighted by Gasteiger charge is -2.07.